The summed E-state index contributed by atoms with van der Waals surface area (Å²) in [5.74, 6) is 0.690. The van der Waals surface area contributed by atoms with E-state index in [1.54, 1.807) is 0 Å². The first-order valence-corrected chi connectivity index (χ1v) is 14.3. The Labute approximate surface area is 215 Å². The van der Waals surface area contributed by atoms with Gasteiger partial charge in [0.15, 0.2) is 0 Å². The molecule has 0 saturated heterocycles. The van der Waals surface area contributed by atoms with E-state index in [-0.39, 0.29) is 5.41 Å². The molecule has 3 heteroatoms. The summed E-state index contributed by atoms with van der Waals surface area (Å²) in [6.45, 7) is 15.2. The molecular formula is C33H35O2P. The zero-order valence-electron chi connectivity index (χ0n) is 22.3. The minimum atomic E-state index is -3.29. The fourth-order valence-corrected chi connectivity index (χ4v) is 8.01. The number of para-hydroxylation sites is 1. The molecule has 1 unspecified atom stereocenters. The van der Waals surface area contributed by atoms with Gasteiger partial charge in [-0.15, -0.1) is 0 Å². The van der Waals surface area contributed by atoms with Gasteiger partial charge in [-0.05, 0) is 85.7 Å². The quantitative estimate of drug-likeness (QED) is 0.265. The number of rotatable bonds is 4. The second kappa shape index (κ2) is 8.49. The first kappa shape index (κ1) is 24.6. The van der Waals surface area contributed by atoms with Crippen molar-refractivity contribution in [3.8, 4) is 16.9 Å². The van der Waals surface area contributed by atoms with Gasteiger partial charge in [0, 0.05) is 11.0 Å². The van der Waals surface area contributed by atoms with Crippen molar-refractivity contribution >= 4 is 12.7 Å². The topological polar surface area (TPSA) is 26.3 Å². The zero-order chi connectivity index (χ0) is 25.9. The van der Waals surface area contributed by atoms with E-state index in [0.29, 0.717) is 5.75 Å². The van der Waals surface area contributed by atoms with Gasteiger partial charge in [0.05, 0.1) is 10.5 Å². The van der Waals surface area contributed by atoms with Gasteiger partial charge in [0.1, 0.15) is 5.75 Å². The van der Waals surface area contributed by atoms with E-state index in [1.165, 1.54) is 27.8 Å². The Morgan fingerprint density at radius 1 is 0.639 bits per heavy atom. The average molecular weight is 495 g/mol. The van der Waals surface area contributed by atoms with Crippen molar-refractivity contribution in [2.75, 3.05) is 0 Å². The Morgan fingerprint density at radius 2 is 1.17 bits per heavy atom. The van der Waals surface area contributed by atoms with E-state index < -0.39 is 12.5 Å². The Hall–Kier alpha value is -3.09. The second-order valence-corrected chi connectivity index (χ2v) is 14.0. The molecule has 4 aromatic rings. The van der Waals surface area contributed by atoms with Gasteiger partial charge in [-0.25, -0.2) is 0 Å². The fraction of sp³-hybridized carbons (Fsp3) is 0.273. The number of hydrogen-bond acceptors (Lipinski definition) is 2. The molecule has 184 valence electrons. The van der Waals surface area contributed by atoms with Crippen molar-refractivity contribution < 1.29 is 9.09 Å². The molecule has 0 aliphatic carbocycles. The molecule has 4 aromatic carbocycles. The Morgan fingerprint density at radius 3 is 1.81 bits per heavy atom. The summed E-state index contributed by atoms with van der Waals surface area (Å²) in [5.41, 5.74) is 9.39. The van der Waals surface area contributed by atoms with Crippen LogP contribution in [0.25, 0.3) is 11.1 Å². The van der Waals surface area contributed by atoms with E-state index in [1.807, 2.05) is 56.3 Å². The third kappa shape index (κ3) is 3.66. The Balaban J connectivity index is 1.56. The van der Waals surface area contributed by atoms with E-state index in [4.69, 9.17) is 4.52 Å². The van der Waals surface area contributed by atoms with Crippen LogP contribution < -0.4 is 9.83 Å². The Bertz CT molecular complexity index is 1490. The minimum absolute atomic E-state index is 0.150. The summed E-state index contributed by atoms with van der Waals surface area (Å²) in [6.07, 6.45) is 0. The summed E-state index contributed by atoms with van der Waals surface area (Å²) in [7, 11) is -3.29. The fourth-order valence-electron chi connectivity index (χ4n) is 5.36. The lowest BCUT2D eigenvalue weighted by atomic mass is 9.76. The molecule has 1 aliphatic heterocycles. The predicted molar refractivity (Wildman–Crippen MR) is 152 cm³/mol. The highest BCUT2D eigenvalue weighted by Crippen LogP contribution is 2.66. The monoisotopic (exact) mass is 494 g/mol. The summed E-state index contributed by atoms with van der Waals surface area (Å²) in [4.78, 5) is 0. The van der Waals surface area contributed by atoms with Crippen molar-refractivity contribution in [3.63, 3.8) is 0 Å². The molecule has 2 nitrogen and oxygen atoms in total. The smallest absolute Gasteiger partial charge is 0.287 e. The highest BCUT2D eigenvalue weighted by atomic mass is 31.2. The molecule has 0 spiro atoms. The minimum Gasteiger partial charge on any atom is -0.439 e. The molecule has 0 N–H and O–H groups in total. The third-order valence-electron chi connectivity index (χ3n) is 8.32. The molecule has 0 saturated carbocycles. The standard InChI is InChI=1S/C33H35O2P/c1-22-20-27(21-23(2)24(22)3)32(4,5)25-16-18-26(19-17-25)33(6,7)36(34)31-15-11-9-13-29(31)28-12-8-10-14-30(28)35-36/h8-21H,1-7H3. The lowest BCUT2D eigenvalue weighted by molar-refractivity contribution is 0.456. The Kier molecular flexibility index (Phi) is 5.80. The first-order chi connectivity index (χ1) is 17.0. The molecule has 0 radical (unpaired) electrons. The number of benzene rings is 4. The van der Waals surface area contributed by atoms with Crippen molar-refractivity contribution in [2.24, 2.45) is 0 Å². The van der Waals surface area contributed by atoms with Crippen LogP contribution in [0.3, 0.4) is 0 Å². The van der Waals surface area contributed by atoms with Crippen molar-refractivity contribution in [2.45, 2.75) is 59.0 Å². The van der Waals surface area contributed by atoms with Crippen LogP contribution in [-0.4, -0.2) is 0 Å². The van der Waals surface area contributed by atoms with Gasteiger partial charge in [-0.1, -0.05) is 86.6 Å². The maximum absolute atomic E-state index is 14.8. The van der Waals surface area contributed by atoms with Crippen LogP contribution in [-0.2, 0) is 15.1 Å². The van der Waals surface area contributed by atoms with Crippen molar-refractivity contribution in [1.82, 2.24) is 0 Å². The van der Waals surface area contributed by atoms with Gasteiger partial charge >= 0.3 is 0 Å². The maximum Gasteiger partial charge on any atom is 0.287 e. The van der Waals surface area contributed by atoms with Gasteiger partial charge in [0.25, 0.3) is 7.37 Å². The highest BCUT2D eigenvalue weighted by Gasteiger charge is 2.49. The van der Waals surface area contributed by atoms with Crippen molar-refractivity contribution in [3.05, 3.63) is 118 Å². The first-order valence-electron chi connectivity index (χ1n) is 12.6. The van der Waals surface area contributed by atoms with Crippen LogP contribution in [0.15, 0.2) is 84.9 Å². The molecule has 36 heavy (non-hydrogen) atoms. The third-order valence-corrected chi connectivity index (χ3v) is 11.5. The van der Waals surface area contributed by atoms with E-state index in [0.717, 1.165) is 22.0 Å². The van der Waals surface area contributed by atoms with Crippen LogP contribution in [0.4, 0.5) is 0 Å². The molecule has 5 rings (SSSR count). The van der Waals surface area contributed by atoms with Crippen LogP contribution in [0.1, 0.15) is 61.1 Å². The van der Waals surface area contributed by atoms with Crippen LogP contribution in [0, 0.1) is 20.8 Å². The van der Waals surface area contributed by atoms with Gasteiger partial charge in [-0.3, -0.25) is 4.57 Å². The van der Waals surface area contributed by atoms with Gasteiger partial charge < -0.3 is 4.52 Å². The largest absolute Gasteiger partial charge is 0.439 e. The van der Waals surface area contributed by atoms with Crippen LogP contribution in [0.5, 0.6) is 5.75 Å². The molecule has 1 heterocycles. The lowest BCUT2D eigenvalue weighted by Gasteiger charge is -2.39. The molecule has 0 fully saturated rings. The SMILES string of the molecule is Cc1cc(C(C)(C)c2ccc(C(C)(C)P3(=O)Oc4ccccc4-c4ccccc43)cc2)cc(C)c1C. The van der Waals surface area contributed by atoms with E-state index in [9.17, 15) is 4.57 Å². The van der Waals surface area contributed by atoms with Crippen LogP contribution in [0.2, 0.25) is 0 Å². The number of fused-ring (bicyclic) bond motifs is 3. The molecule has 0 bridgehead atoms. The summed E-state index contributed by atoms with van der Waals surface area (Å²) < 4.78 is 21.3. The zero-order valence-corrected chi connectivity index (χ0v) is 23.2. The predicted octanol–water partition coefficient (Wildman–Crippen LogP) is 8.84. The number of aryl methyl sites for hydroxylation is 2. The average Bonchev–Trinajstić information content (AvgIpc) is 2.87. The molecular weight excluding hydrogens is 459 g/mol. The van der Waals surface area contributed by atoms with Gasteiger partial charge in [-0.2, -0.15) is 0 Å². The maximum atomic E-state index is 14.8. The highest BCUT2D eigenvalue weighted by molar-refractivity contribution is 7.68. The molecule has 0 aromatic heterocycles. The molecule has 1 atom stereocenters. The van der Waals surface area contributed by atoms with Crippen molar-refractivity contribution in [1.29, 1.82) is 0 Å². The summed E-state index contributed by atoms with van der Waals surface area (Å²) >= 11 is 0. The molecule has 0 amide bonds. The van der Waals surface area contributed by atoms with Crippen LogP contribution >= 0.6 is 7.37 Å². The lowest BCUT2D eigenvalue weighted by Crippen LogP contribution is -2.31. The van der Waals surface area contributed by atoms with E-state index in [2.05, 4.69) is 77.1 Å². The van der Waals surface area contributed by atoms with E-state index >= 15 is 0 Å². The second-order valence-electron chi connectivity index (χ2n) is 11.2. The summed E-state index contributed by atoms with van der Waals surface area (Å²) in [5, 5.41) is 0.0831. The number of hydrogen-bond donors (Lipinski definition) is 0. The summed E-state index contributed by atoms with van der Waals surface area (Å²) in [6, 6.07) is 29.1. The molecule has 1 aliphatic rings. The normalized spacial score (nSPS) is 17.2. The van der Waals surface area contributed by atoms with Gasteiger partial charge in [0.2, 0.25) is 0 Å².